The van der Waals surface area contributed by atoms with Gasteiger partial charge in [0, 0.05) is 0 Å². The molecule has 5 nitrogen and oxygen atoms in total. The van der Waals surface area contributed by atoms with Gasteiger partial charge in [0.2, 0.25) is 0 Å². The fraction of sp³-hybridized carbons (Fsp3) is 0.318. The van der Waals surface area contributed by atoms with Crippen LogP contribution in [-0.2, 0) is 0 Å². The molecule has 0 spiro atoms. The number of pyridine rings is 1. The number of thiazole rings is 1. The van der Waals surface area contributed by atoms with Gasteiger partial charge in [0.1, 0.15) is 0 Å². The van der Waals surface area contributed by atoms with Crippen LogP contribution in [0.5, 0.6) is 0 Å². The zero-order valence-electron chi connectivity index (χ0n) is 16.8. The summed E-state index contributed by atoms with van der Waals surface area (Å²) in [6.45, 7) is 2.11. The molecule has 31 heavy (non-hydrogen) atoms. The zero-order valence-corrected chi connectivity index (χ0v) is 20.0. The Morgan fingerprint density at radius 2 is 1.97 bits per heavy atom. The van der Waals surface area contributed by atoms with Crippen LogP contribution in [0.15, 0.2) is 36.7 Å². The summed E-state index contributed by atoms with van der Waals surface area (Å²) in [5.41, 5.74) is 1.41. The number of rotatable bonds is 4. The molecule has 1 fully saturated rings. The summed E-state index contributed by atoms with van der Waals surface area (Å²) >= 11 is 2.25. The number of carbonyl (C=O) groups is 1. The third kappa shape index (κ3) is 4.71. The van der Waals surface area contributed by atoms with Crippen LogP contribution >= 0.6 is 11.3 Å². The summed E-state index contributed by atoms with van der Waals surface area (Å²) < 4.78 is 28.9. The van der Waals surface area contributed by atoms with E-state index in [0.717, 1.165) is 46.6 Å². The van der Waals surface area contributed by atoms with Crippen molar-refractivity contribution in [1.29, 1.82) is 0 Å². The molecule has 1 amide bonds. The van der Waals surface area contributed by atoms with Crippen molar-refractivity contribution in [3.63, 3.8) is 0 Å². The Balaban J connectivity index is 1.61. The quantitative estimate of drug-likeness (QED) is 0.534. The molecule has 162 valence electrons. The van der Waals surface area contributed by atoms with E-state index in [1.807, 2.05) is 6.07 Å². The van der Waals surface area contributed by atoms with Crippen molar-refractivity contribution in [3.05, 3.63) is 59.6 Å². The number of aliphatic hydroxyl groups excluding tert-OH is 1. The van der Waals surface area contributed by atoms with Gasteiger partial charge in [-0.1, -0.05) is 0 Å². The number of aromatic nitrogens is 2. The number of halogens is 2. The standard InChI is InChI=1S/C22H22AsF2N3O2S/c1-11-7-12(9-13(29)8-11)14-5-6-26-10-17(14)27-21(30)19-20(23)31-22(28-19)18-15(24)3-2-4-16(18)25/h2-6,10-13,29H,7-9,23H2,1H3,(H,27,30)/t11-,12+,13-/m0/s1. The van der Waals surface area contributed by atoms with E-state index in [1.165, 1.54) is 18.2 Å². The normalized spacial score (nSPS) is 21.1. The summed E-state index contributed by atoms with van der Waals surface area (Å²) in [6, 6.07) is 5.49. The Bertz CT molecular complexity index is 1090. The molecule has 1 unspecified atom stereocenters. The Hall–Kier alpha value is -2.15. The van der Waals surface area contributed by atoms with Gasteiger partial charge in [0.15, 0.2) is 0 Å². The summed E-state index contributed by atoms with van der Waals surface area (Å²) in [4.78, 5) is 21.4. The molecule has 1 aromatic carbocycles. The number of aliphatic hydroxyl groups is 1. The molecule has 0 saturated heterocycles. The van der Waals surface area contributed by atoms with Gasteiger partial charge in [0.05, 0.1) is 0 Å². The van der Waals surface area contributed by atoms with Crippen LogP contribution in [0.25, 0.3) is 10.6 Å². The average Bonchev–Trinajstić information content (AvgIpc) is 3.09. The zero-order chi connectivity index (χ0) is 22.1. The van der Waals surface area contributed by atoms with Crippen LogP contribution < -0.4 is 8.98 Å². The van der Waals surface area contributed by atoms with Crippen LogP contribution in [0.2, 0.25) is 0 Å². The number of hydrogen-bond donors (Lipinski definition) is 2. The van der Waals surface area contributed by atoms with Crippen LogP contribution in [0.3, 0.4) is 0 Å². The van der Waals surface area contributed by atoms with Gasteiger partial charge in [-0.3, -0.25) is 0 Å². The fourth-order valence-electron chi connectivity index (χ4n) is 4.17. The van der Waals surface area contributed by atoms with E-state index in [-0.39, 0.29) is 28.3 Å². The number of anilines is 1. The second kappa shape index (κ2) is 9.15. The Morgan fingerprint density at radius 1 is 1.23 bits per heavy atom. The van der Waals surface area contributed by atoms with Gasteiger partial charge in [-0.15, -0.1) is 0 Å². The van der Waals surface area contributed by atoms with E-state index < -0.39 is 17.5 Å². The predicted octanol–water partition coefficient (Wildman–Crippen LogP) is 3.26. The second-order valence-electron chi connectivity index (χ2n) is 7.91. The monoisotopic (exact) mass is 505 g/mol. The van der Waals surface area contributed by atoms with Gasteiger partial charge < -0.3 is 0 Å². The van der Waals surface area contributed by atoms with E-state index in [9.17, 15) is 18.7 Å². The average molecular weight is 505 g/mol. The Morgan fingerprint density at radius 3 is 2.68 bits per heavy atom. The minimum atomic E-state index is -0.715. The first-order chi connectivity index (χ1) is 14.8. The topological polar surface area (TPSA) is 75.1 Å². The summed E-state index contributed by atoms with van der Waals surface area (Å²) in [5, 5.41) is 13.2. The van der Waals surface area contributed by atoms with Gasteiger partial charge in [-0.25, -0.2) is 0 Å². The first-order valence-corrected chi connectivity index (χ1v) is 12.0. The molecule has 9 heteroatoms. The molecule has 2 heterocycles. The fourth-order valence-corrected chi connectivity index (χ4v) is 6.16. The molecule has 1 aliphatic rings. The van der Waals surface area contributed by atoms with E-state index >= 15 is 0 Å². The van der Waals surface area contributed by atoms with Crippen molar-refractivity contribution in [2.24, 2.45) is 5.92 Å². The summed E-state index contributed by atoms with van der Waals surface area (Å²) in [6.07, 6.45) is 5.22. The van der Waals surface area contributed by atoms with E-state index in [4.69, 9.17) is 0 Å². The van der Waals surface area contributed by atoms with Crippen LogP contribution in [-0.4, -0.2) is 43.9 Å². The molecule has 1 saturated carbocycles. The van der Waals surface area contributed by atoms with Gasteiger partial charge in [-0.2, -0.15) is 0 Å². The number of carbonyl (C=O) groups excluding carboxylic acids is 1. The second-order valence-corrected chi connectivity index (χ2v) is 11.0. The Kier molecular flexibility index (Phi) is 6.51. The van der Waals surface area contributed by atoms with E-state index in [2.05, 4.69) is 22.2 Å². The molecule has 0 radical (unpaired) electrons. The number of benzene rings is 1. The van der Waals surface area contributed by atoms with Gasteiger partial charge in [0.25, 0.3) is 0 Å². The molecule has 0 bridgehead atoms. The number of hydrogen-bond acceptors (Lipinski definition) is 5. The van der Waals surface area contributed by atoms with Crippen molar-refractivity contribution in [2.75, 3.05) is 5.32 Å². The maximum absolute atomic E-state index is 14.1. The van der Waals surface area contributed by atoms with Gasteiger partial charge >= 0.3 is 192 Å². The van der Waals surface area contributed by atoms with Crippen molar-refractivity contribution in [2.45, 2.75) is 38.2 Å². The SMILES string of the molecule is C[C@@H]1C[C@H](O)C[C@H](c2ccncc2NC(=O)c2nc(-c3c(F)cccc3F)sc2[AsH2])C1. The maximum atomic E-state index is 14.1. The molecule has 4 atom stereocenters. The van der Waals surface area contributed by atoms with E-state index in [1.54, 1.807) is 12.4 Å². The minimum absolute atomic E-state index is 0.112. The third-order valence-electron chi connectivity index (χ3n) is 5.51. The van der Waals surface area contributed by atoms with Crippen molar-refractivity contribution < 1.29 is 18.7 Å². The van der Waals surface area contributed by atoms with Crippen LogP contribution in [0, 0.1) is 17.6 Å². The first-order valence-electron chi connectivity index (χ1n) is 9.97. The van der Waals surface area contributed by atoms with Crippen LogP contribution in [0.4, 0.5) is 14.5 Å². The van der Waals surface area contributed by atoms with Crippen LogP contribution in [0.1, 0.15) is 48.2 Å². The molecule has 1 aliphatic carbocycles. The molecular weight excluding hydrogens is 483 g/mol. The summed E-state index contributed by atoms with van der Waals surface area (Å²) in [7, 11) is 0. The molecule has 0 aliphatic heterocycles. The van der Waals surface area contributed by atoms with E-state index in [0.29, 0.717) is 21.7 Å². The molecule has 4 rings (SSSR count). The Labute approximate surface area is 191 Å². The van der Waals surface area contributed by atoms with Crippen molar-refractivity contribution in [1.82, 2.24) is 9.97 Å². The molecule has 2 N–H and O–H groups in total. The van der Waals surface area contributed by atoms with Crippen molar-refractivity contribution >= 4 is 43.4 Å². The predicted molar refractivity (Wildman–Crippen MR) is 120 cm³/mol. The summed E-state index contributed by atoms with van der Waals surface area (Å²) in [5.74, 6) is -1.38. The first kappa shape index (κ1) is 22.1. The molecular formula is C22H22AsF2N3O2S. The number of nitrogens with zero attached hydrogens (tertiary/aromatic N) is 2. The number of amides is 1. The van der Waals surface area contributed by atoms with Crippen molar-refractivity contribution in [3.8, 4) is 10.6 Å². The molecule has 2 aromatic heterocycles. The number of nitrogens with one attached hydrogen (secondary N) is 1. The third-order valence-corrected chi connectivity index (χ3v) is 7.72. The molecule has 3 aromatic rings. The van der Waals surface area contributed by atoms with Gasteiger partial charge in [-0.05, 0) is 0 Å².